The lowest BCUT2D eigenvalue weighted by Crippen LogP contribution is -3.00. The maximum atomic E-state index is 5.81. The van der Waals surface area contributed by atoms with Crippen LogP contribution in [0.15, 0.2) is 91.0 Å². The minimum atomic E-state index is 0. The highest BCUT2D eigenvalue weighted by molar-refractivity contribution is 5.96. The third-order valence-corrected chi connectivity index (χ3v) is 6.82. The Morgan fingerprint density at radius 1 is 0.568 bits per heavy atom. The number of aromatic nitrogens is 1. The maximum absolute atomic E-state index is 5.81. The number of ether oxygens (including phenoxy) is 3. The van der Waals surface area contributed by atoms with Gasteiger partial charge in [-0.05, 0) is 46.5 Å². The van der Waals surface area contributed by atoms with Gasteiger partial charge in [-0.1, -0.05) is 60.7 Å². The van der Waals surface area contributed by atoms with Crippen LogP contribution < -0.4 is 42.8 Å². The van der Waals surface area contributed by atoms with E-state index in [0.29, 0.717) is 17.2 Å². The van der Waals surface area contributed by atoms with Crippen LogP contribution in [0.1, 0.15) is 5.69 Å². The van der Waals surface area contributed by atoms with E-state index in [1.54, 1.807) is 21.3 Å². The molecule has 0 aliphatic heterocycles. The Hall–Kier alpha value is -3.58. The first kappa shape index (κ1) is 26.5. The van der Waals surface area contributed by atoms with E-state index in [1.807, 2.05) is 18.2 Å². The molecule has 37 heavy (non-hydrogen) atoms. The molecule has 0 spiro atoms. The van der Waals surface area contributed by atoms with Gasteiger partial charge >= 0.3 is 0 Å². The molecular weight excluding hydrogens is 573 g/mol. The molecule has 0 saturated carbocycles. The molecule has 0 radical (unpaired) electrons. The molecule has 0 bridgehead atoms. The second kappa shape index (κ2) is 11.2. The summed E-state index contributed by atoms with van der Waals surface area (Å²) in [7, 11) is 7.04. The van der Waals surface area contributed by atoms with Gasteiger partial charge in [0.05, 0.1) is 26.7 Å². The second-order valence-electron chi connectivity index (χ2n) is 8.81. The first-order valence-corrected chi connectivity index (χ1v) is 11.9. The van der Waals surface area contributed by atoms with E-state index in [2.05, 4.69) is 91.3 Å². The zero-order chi connectivity index (χ0) is 25.2. The number of pyridine rings is 1. The van der Waals surface area contributed by atoms with Crippen molar-refractivity contribution < 1.29 is 42.8 Å². The summed E-state index contributed by atoms with van der Waals surface area (Å²) in [6.07, 6.45) is 0. The predicted molar refractivity (Wildman–Crippen MR) is 146 cm³/mol. The summed E-state index contributed by atoms with van der Waals surface area (Å²) in [5.74, 6) is 1.92. The van der Waals surface area contributed by atoms with Gasteiger partial charge in [0.25, 0.3) is 0 Å². The van der Waals surface area contributed by atoms with Gasteiger partial charge in [-0.25, -0.2) is 0 Å². The zero-order valence-corrected chi connectivity index (χ0v) is 23.9. The molecule has 0 saturated heterocycles. The third kappa shape index (κ3) is 4.88. The Morgan fingerprint density at radius 2 is 1.08 bits per heavy atom. The van der Waals surface area contributed by atoms with Crippen LogP contribution in [0.5, 0.6) is 17.2 Å². The fourth-order valence-corrected chi connectivity index (χ4v) is 4.90. The van der Waals surface area contributed by atoms with Gasteiger partial charge < -0.3 is 38.2 Å². The van der Waals surface area contributed by atoms with Crippen molar-refractivity contribution in [2.45, 2.75) is 6.92 Å². The highest BCUT2D eigenvalue weighted by Crippen LogP contribution is 2.45. The van der Waals surface area contributed by atoms with Gasteiger partial charge in [0.1, 0.15) is 7.05 Å². The average molecular weight is 604 g/mol. The lowest BCUT2D eigenvalue weighted by Gasteiger charge is -2.16. The summed E-state index contributed by atoms with van der Waals surface area (Å²) in [5.41, 5.74) is 8.03. The predicted octanol–water partition coefficient (Wildman–Crippen LogP) is 4.00. The molecule has 0 aliphatic carbocycles. The first-order valence-electron chi connectivity index (χ1n) is 11.9. The Kier molecular flexibility index (Phi) is 8.03. The van der Waals surface area contributed by atoms with Crippen molar-refractivity contribution in [2.75, 3.05) is 21.3 Å². The Balaban J connectivity index is 0.00000320. The lowest BCUT2D eigenvalue weighted by molar-refractivity contribution is -0.665. The minimum absolute atomic E-state index is 0. The molecule has 0 unspecified atom stereocenters. The fraction of sp³-hybridized carbons (Fsp3) is 0.156. The Labute approximate surface area is 235 Å². The van der Waals surface area contributed by atoms with Gasteiger partial charge in [0.15, 0.2) is 17.2 Å². The van der Waals surface area contributed by atoms with Crippen molar-refractivity contribution in [3.8, 4) is 50.8 Å². The molecule has 1 aromatic heterocycles. The minimum Gasteiger partial charge on any atom is -1.00 e. The van der Waals surface area contributed by atoms with E-state index in [0.717, 1.165) is 27.7 Å². The molecule has 5 aromatic rings. The van der Waals surface area contributed by atoms with Crippen LogP contribution in [0.4, 0.5) is 0 Å². The number of hydrogen-bond acceptors (Lipinski definition) is 3. The Morgan fingerprint density at radius 3 is 1.57 bits per heavy atom. The van der Waals surface area contributed by atoms with Crippen molar-refractivity contribution >= 4 is 10.8 Å². The van der Waals surface area contributed by atoms with E-state index in [-0.39, 0.29) is 24.0 Å². The second-order valence-corrected chi connectivity index (χ2v) is 8.81. The van der Waals surface area contributed by atoms with Crippen LogP contribution in [0.2, 0.25) is 0 Å². The Bertz CT molecular complexity index is 1490. The third-order valence-electron chi connectivity index (χ3n) is 6.82. The SMILES string of the molecule is COc1cc2cc(-c3cc(-c4ccccc4)cc(-c4ccccc4)c3)[n+](C)c(C)c2c(OC)c1OC.[I-]. The fourth-order valence-electron chi connectivity index (χ4n) is 4.90. The molecule has 1 heterocycles. The van der Waals surface area contributed by atoms with Crippen LogP contribution in [-0.2, 0) is 7.05 Å². The van der Waals surface area contributed by atoms with Crippen LogP contribution in [0.25, 0.3) is 44.3 Å². The molecule has 0 amide bonds. The number of nitrogens with zero attached hydrogens (tertiary/aromatic N) is 1. The van der Waals surface area contributed by atoms with Crippen LogP contribution in [-0.4, -0.2) is 21.3 Å². The van der Waals surface area contributed by atoms with E-state index in [1.165, 1.54) is 22.3 Å². The summed E-state index contributed by atoms with van der Waals surface area (Å²) >= 11 is 0. The van der Waals surface area contributed by atoms with Gasteiger partial charge in [-0.2, -0.15) is 4.57 Å². The van der Waals surface area contributed by atoms with Crippen molar-refractivity contribution in [3.63, 3.8) is 0 Å². The van der Waals surface area contributed by atoms with Crippen LogP contribution in [0, 0.1) is 6.92 Å². The first-order chi connectivity index (χ1) is 17.5. The highest BCUT2D eigenvalue weighted by atomic mass is 127. The van der Waals surface area contributed by atoms with Crippen molar-refractivity contribution in [1.29, 1.82) is 0 Å². The van der Waals surface area contributed by atoms with Gasteiger partial charge in [-0.3, -0.25) is 0 Å². The number of fused-ring (bicyclic) bond motifs is 1. The normalized spacial score (nSPS) is 10.6. The number of hydrogen-bond donors (Lipinski definition) is 0. The molecule has 5 rings (SSSR count). The average Bonchev–Trinajstić information content (AvgIpc) is 2.94. The molecule has 188 valence electrons. The molecule has 0 fully saturated rings. The van der Waals surface area contributed by atoms with Crippen LogP contribution >= 0.6 is 0 Å². The van der Waals surface area contributed by atoms with Crippen molar-refractivity contribution in [2.24, 2.45) is 7.05 Å². The van der Waals surface area contributed by atoms with E-state index in [9.17, 15) is 0 Å². The van der Waals surface area contributed by atoms with Gasteiger partial charge in [-0.15, -0.1) is 0 Å². The summed E-state index contributed by atoms with van der Waals surface area (Å²) in [4.78, 5) is 0. The summed E-state index contributed by atoms with van der Waals surface area (Å²) in [5, 5.41) is 2.03. The lowest BCUT2D eigenvalue weighted by atomic mass is 9.94. The van der Waals surface area contributed by atoms with Gasteiger partial charge in [0, 0.05) is 23.9 Å². The van der Waals surface area contributed by atoms with E-state index < -0.39 is 0 Å². The molecule has 0 aliphatic rings. The molecule has 5 heteroatoms. The summed E-state index contributed by atoms with van der Waals surface area (Å²) < 4.78 is 19.3. The topological polar surface area (TPSA) is 31.6 Å². The number of benzene rings is 4. The number of methoxy groups -OCH3 is 3. The quantitative estimate of drug-likeness (QED) is 0.217. The molecule has 0 N–H and O–H groups in total. The standard InChI is InChI=1S/C32H30NO3.HI/c1-21-30-27(20-29(34-3)31(35-4)32(30)36-5)19-28(33(21)2)26-17-24(22-12-8-6-9-13-22)16-25(18-26)23-14-10-7-11-15-23;/h6-20H,1-5H3;1H/q+1;/p-1. The number of halogens is 1. The number of aryl methyl sites for hydroxylation is 1. The largest absolute Gasteiger partial charge is 1.00 e. The molecule has 4 nitrogen and oxygen atoms in total. The monoisotopic (exact) mass is 603 g/mol. The molecule has 0 atom stereocenters. The van der Waals surface area contributed by atoms with Gasteiger partial charge in [0.2, 0.25) is 11.4 Å². The van der Waals surface area contributed by atoms with Crippen molar-refractivity contribution in [1.82, 2.24) is 0 Å². The summed E-state index contributed by atoms with van der Waals surface area (Å²) in [6.45, 7) is 2.11. The molecular formula is C32H30INO3. The van der Waals surface area contributed by atoms with E-state index in [4.69, 9.17) is 14.2 Å². The summed E-state index contributed by atoms with van der Waals surface area (Å²) in [6, 6.07) is 32.0. The zero-order valence-electron chi connectivity index (χ0n) is 21.7. The number of rotatable bonds is 6. The highest BCUT2D eigenvalue weighted by Gasteiger charge is 2.25. The smallest absolute Gasteiger partial charge is 0.213 e. The molecule has 4 aromatic carbocycles. The van der Waals surface area contributed by atoms with Crippen molar-refractivity contribution in [3.05, 3.63) is 96.7 Å². The maximum Gasteiger partial charge on any atom is 0.213 e. The van der Waals surface area contributed by atoms with E-state index >= 15 is 0 Å². The van der Waals surface area contributed by atoms with Crippen LogP contribution in [0.3, 0.4) is 0 Å².